The monoisotopic (exact) mass is 293 g/mol. The van der Waals surface area contributed by atoms with Crippen molar-refractivity contribution in [3.8, 4) is 5.75 Å². The minimum absolute atomic E-state index is 0.297. The van der Waals surface area contributed by atoms with Gasteiger partial charge in [0.25, 0.3) is 0 Å². The molecule has 0 fully saturated rings. The fraction of sp³-hybridized carbons (Fsp3) is 0.143. The Morgan fingerprint density at radius 2 is 2.10 bits per heavy atom. The molecular weight excluding hydrogens is 282 g/mol. The van der Waals surface area contributed by atoms with Gasteiger partial charge in [0.1, 0.15) is 11.4 Å². The predicted molar refractivity (Wildman–Crippen MR) is 73.4 cm³/mol. The van der Waals surface area contributed by atoms with Crippen molar-refractivity contribution in [2.75, 3.05) is 13.7 Å². The van der Waals surface area contributed by atoms with Gasteiger partial charge < -0.3 is 14.5 Å². The van der Waals surface area contributed by atoms with Crippen molar-refractivity contribution in [1.82, 2.24) is 4.98 Å². The second kappa shape index (κ2) is 6.25. The minimum atomic E-state index is -0.581. The number of methoxy groups -OCH3 is 1. The lowest BCUT2D eigenvalue weighted by molar-refractivity contribution is 0.0469. The molecule has 0 bridgehead atoms. The van der Waals surface area contributed by atoms with Gasteiger partial charge in [-0.1, -0.05) is 11.6 Å². The maximum Gasteiger partial charge on any atom is 0.355 e. The maximum atomic E-state index is 11.9. The third-order valence-electron chi connectivity index (χ3n) is 2.63. The second-order valence-electron chi connectivity index (χ2n) is 3.93. The highest BCUT2D eigenvalue weighted by Gasteiger charge is 2.13. The Labute approximate surface area is 120 Å². The molecule has 2 rings (SSSR count). The van der Waals surface area contributed by atoms with E-state index < -0.39 is 5.97 Å². The van der Waals surface area contributed by atoms with Crippen LogP contribution < -0.4 is 4.74 Å². The topological polar surface area (TPSA) is 68.4 Å². The van der Waals surface area contributed by atoms with Gasteiger partial charge in [-0.25, -0.2) is 4.79 Å². The number of H-pyrrole nitrogens is 1. The smallest absolute Gasteiger partial charge is 0.355 e. The summed E-state index contributed by atoms with van der Waals surface area (Å²) in [6, 6.07) is 7.86. The quantitative estimate of drug-likeness (QED) is 0.680. The zero-order chi connectivity index (χ0) is 14.5. The Kier molecular flexibility index (Phi) is 4.42. The number of carbonyl (C=O) groups is 2. The van der Waals surface area contributed by atoms with E-state index in [1.165, 1.54) is 13.2 Å². The summed E-state index contributed by atoms with van der Waals surface area (Å²) in [5.41, 5.74) is 0.653. The van der Waals surface area contributed by atoms with E-state index in [0.29, 0.717) is 22.0 Å². The number of nitrogens with one attached hydrogen (secondary N) is 1. The molecule has 1 aromatic heterocycles. The fourth-order valence-electron chi connectivity index (χ4n) is 1.59. The molecule has 0 unspecified atom stereocenters. The lowest BCUT2D eigenvalue weighted by Crippen LogP contribution is -2.14. The molecule has 104 valence electrons. The number of carbonyl (C=O) groups excluding carboxylic acids is 2. The van der Waals surface area contributed by atoms with Crippen LogP contribution in [0.1, 0.15) is 20.8 Å². The molecule has 1 N–H and O–H groups in total. The van der Waals surface area contributed by atoms with Crippen molar-refractivity contribution in [3.05, 3.63) is 52.8 Å². The summed E-state index contributed by atoms with van der Waals surface area (Å²) in [5, 5.41) is 0.328. The van der Waals surface area contributed by atoms with Crippen molar-refractivity contribution in [2.24, 2.45) is 0 Å². The Hall–Kier alpha value is -2.27. The summed E-state index contributed by atoms with van der Waals surface area (Å²) in [5.74, 6) is -0.441. The molecule has 6 heteroatoms. The normalized spacial score (nSPS) is 10.1. The van der Waals surface area contributed by atoms with E-state index in [2.05, 4.69) is 4.98 Å². The SMILES string of the molecule is COc1ccc(C(=O)COC(=O)c2ccc[nH]2)cc1Cl. The van der Waals surface area contributed by atoms with Gasteiger partial charge in [-0.05, 0) is 30.3 Å². The number of ether oxygens (including phenoxy) is 2. The van der Waals surface area contributed by atoms with Crippen LogP contribution >= 0.6 is 11.6 Å². The third-order valence-corrected chi connectivity index (χ3v) is 2.92. The molecule has 0 aliphatic carbocycles. The molecular formula is C14H12ClNO4. The van der Waals surface area contributed by atoms with Crippen molar-refractivity contribution >= 4 is 23.4 Å². The van der Waals surface area contributed by atoms with Crippen molar-refractivity contribution in [1.29, 1.82) is 0 Å². The number of ketones is 1. The van der Waals surface area contributed by atoms with Gasteiger partial charge in [-0.2, -0.15) is 0 Å². The van der Waals surface area contributed by atoms with Crippen LogP contribution in [-0.4, -0.2) is 30.5 Å². The molecule has 0 aliphatic rings. The largest absolute Gasteiger partial charge is 0.495 e. The van der Waals surface area contributed by atoms with E-state index in [1.807, 2.05) is 0 Å². The molecule has 0 radical (unpaired) electrons. The number of halogens is 1. The van der Waals surface area contributed by atoms with Crippen LogP contribution in [0.15, 0.2) is 36.5 Å². The van der Waals surface area contributed by atoms with Crippen LogP contribution in [0.25, 0.3) is 0 Å². The van der Waals surface area contributed by atoms with Gasteiger partial charge in [-0.3, -0.25) is 4.79 Å². The second-order valence-corrected chi connectivity index (χ2v) is 4.34. The summed E-state index contributed by atoms with van der Waals surface area (Å²) in [4.78, 5) is 26.1. The van der Waals surface area contributed by atoms with Gasteiger partial charge in [0, 0.05) is 11.8 Å². The van der Waals surface area contributed by atoms with Crippen molar-refractivity contribution in [3.63, 3.8) is 0 Å². The molecule has 0 aliphatic heterocycles. The Morgan fingerprint density at radius 1 is 1.30 bits per heavy atom. The standard InChI is InChI=1S/C14H12ClNO4/c1-19-13-5-4-9(7-10(13)15)12(17)8-20-14(18)11-3-2-6-16-11/h2-7,16H,8H2,1H3. The van der Waals surface area contributed by atoms with Gasteiger partial charge in [0.2, 0.25) is 0 Å². The number of Topliss-reactive ketones (excluding diaryl/α,β-unsaturated/α-hetero) is 1. The molecule has 1 heterocycles. The first-order chi connectivity index (χ1) is 9.61. The molecule has 0 saturated heterocycles. The van der Waals surface area contributed by atoms with Crippen LogP contribution in [0.2, 0.25) is 5.02 Å². The summed E-state index contributed by atoms with van der Waals surface area (Å²) in [6.45, 7) is -0.347. The van der Waals surface area contributed by atoms with Crippen LogP contribution in [0.3, 0.4) is 0 Å². The summed E-state index contributed by atoms with van der Waals surface area (Å²) < 4.78 is 9.90. The van der Waals surface area contributed by atoms with Crippen LogP contribution in [0.4, 0.5) is 0 Å². The van der Waals surface area contributed by atoms with Crippen LogP contribution in [0, 0.1) is 0 Å². The summed E-state index contributed by atoms with van der Waals surface area (Å²) in [6.07, 6.45) is 1.60. The van der Waals surface area contributed by atoms with Gasteiger partial charge in [0.05, 0.1) is 12.1 Å². The lowest BCUT2D eigenvalue weighted by atomic mass is 10.1. The number of aromatic nitrogens is 1. The first-order valence-electron chi connectivity index (χ1n) is 5.79. The highest BCUT2D eigenvalue weighted by atomic mass is 35.5. The molecule has 5 nitrogen and oxygen atoms in total. The van der Waals surface area contributed by atoms with E-state index in [-0.39, 0.29) is 12.4 Å². The Morgan fingerprint density at radius 3 is 2.70 bits per heavy atom. The fourth-order valence-corrected chi connectivity index (χ4v) is 1.85. The first-order valence-corrected chi connectivity index (χ1v) is 6.17. The molecule has 0 spiro atoms. The lowest BCUT2D eigenvalue weighted by Gasteiger charge is -2.06. The van der Waals surface area contributed by atoms with Crippen LogP contribution in [0.5, 0.6) is 5.75 Å². The van der Waals surface area contributed by atoms with Crippen molar-refractivity contribution in [2.45, 2.75) is 0 Å². The van der Waals surface area contributed by atoms with Gasteiger partial charge in [0.15, 0.2) is 12.4 Å². The zero-order valence-corrected chi connectivity index (χ0v) is 11.4. The average Bonchev–Trinajstić information content (AvgIpc) is 2.98. The summed E-state index contributed by atoms with van der Waals surface area (Å²) >= 11 is 5.93. The predicted octanol–water partition coefficient (Wildman–Crippen LogP) is 2.72. The van der Waals surface area contributed by atoms with Gasteiger partial charge in [-0.15, -0.1) is 0 Å². The zero-order valence-electron chi connectivity index (χ0n) is 10.7. The Balaban J connectivity index is 1.98. The average molecular weight is 294 g/mol. The number of aromatic amines is 1. The molecule has 1 aromatic carbocycles. The highest BCUT2D eigenvalue weighted by molar-refractivity contribution is 6.32. The number of esters is 1. The molecule has 0 atom stereocenters. The maximum absolute atomic E-state index is 11.9. The van der Waals surface area contributed by atoms with E-state index >= 15 is 0 Å². The van der Waals surface area contributed by atoms with Crippen LogP contribution in [-0.2, 0) is 4.74 Å². The summed E-state index contributed by atoms with van der Waals surface area (Å²) in [7, 11) is 1.49. The highest BCUT2D eigenvalue weighted by Crippen LogP contribution is 2.25. The van der Waals surface area contributed by atoms with E-state index in [4.69, 9.17) is 21.1 Å². The number of hydrogen-bond donors (Lipinski definition) is 1. The number of rotatable bonds is 5. The first kappa shape index (κ1) is 14.1. The number of benzene rings is 1. The van der Waals surface area contributed by atoms with Crippen molar-refractivity contribution < 1.29 is 19.1 Å². The molecule has 20 heavy (non-hydrogen) atoms. The van der Waals surface area contributed by atoms with E-state index in [0.717, 1.165) is 0 Å². The third kappa shape index (κ3) is 3.19. The van der Waals surface area contributed by atoms with Gasteiger partial charge >= 0.3 is 5.97 Å². The van der Waals surface area contributed by atoms with E-state index in [9.17, 15) is 9.59 Å². The molecule has 0 amide bonds. The Bertz CT molecular complexity index is 622. The molecule has 0 saturated carbocycles. The minimum Gasteiger partial charge on any atom is -0.495 e. The number of hydrogen-bond acceptors (Lipinski definition) is 4. The van der Waals surface area contributed by atoms with E-state index in [1.54, 1.807) is 30.5 Å². The molecule has 2 aromatic rings.